The summed E-state index contributed by atoms with van der Waals surface area (Å²) < 4.78 is 1.08. The van der Waals surface area contributed by atoms with Crippen molar-refractivity contribution in [3.05, 3.63) is 28.2 Å². The number of hydrogen-bond acceptors (Lipinski definition) is 2. The first kappa shape index (κ1) is 12.9. The van der Waals surface area contributed by atoms with Crippen LogP contribution in [-0.4, -0.2) is 22.6 Å². The van der Waals surface area contributed by atoms with Gasteiger partial charge in [-0.2, -0.15) is 0 Å². The molecular formula is C14H20BrNO. The van der Waals surface area contributed by atoms with Crippen molar-refractivity contribution < 1.29 is 5.11 Å². The van der Waals surface area contributed by atoms with Crippen LogP contribution in [0.5, 0.6) is 5.75 Å². The molecule has 2 atom stereocenters. The monoisotopic (exact) mass is 297 g/mol. The third-order valence-corrected chi connectivity index (χ3v) is 4.68. The van der Waals surface area contributed by atoms with E-state index in [0.29, 0.717) is 11.8 Å². The van der Waals surface area contributed by atoms with Crippen molar-refractivity contribution in [3.8, 4) is 5.75 Å². The van der Waals surface area contributed by atoms with Crippen LogP contribution in [0.2, 0.25) is 0 Å². The number of hydrogen-bond donors (Lipinski definition) is 1. The van der Waals surface area contributed by atoms with Crippen molar-refractivity contribution in [1.29, 1.82) is 0 Å². The Balaban J connectivity index is 2.11. The Morgan fingerprint density at radius 1 is 1.41 bits per heavy atom. The smallest absolute Gasteiger partial charge is 0.115 e. The average molecular weight is 298 g/mol. The molecule has 0 bridgehead atoms. The fraction of sp³-hybridized carbons (Fsp3) is 0.571. The van der Waals surface area contributed by atoms with Gasteiger partial charge in [0.05, 0.1) is 0 Å². The Morgan fingerprint density at radius 3 is 2.94 bits per heavy atom. The van der Waals surface area contributed by atoms with Crippen molar-refractivity contribution in [2.24, 2.45) is 5.92 Å². The van der Waals surface area contributed by atoms with Crippen molar-refractivity contribution in [3.63, 3.8) is 0 Å². The van der Waals surface area contributed by atoms with Crippen LogP contribution in [0.25, 0.3) is 0 Å². The van der Waals surface area contributed by atoms with E-state index in [9.17, 15) is 5.11 Å². The molecule has 1 fully saturated rings. The molecule has 0 saturated carbocycles. The maximum atomic E-state index is 9.55. The third kappa shape index (κ3) is 3.02. The van der Waals surface area contributed by atoms with Crippen LogP contribution in [0.1, 0.15) is 32.3 Å². The highest BCUT2D eigenvalue weighted by molar-refractivity contribution is 9.10. The maximum absolute atomic E-state index is 9.55. The fourth-order valence-corrected chi connectivity index (χ4v) is 2.92. The zero-order valence-electron chi connectivity index (χ0n) is 10.5. The zero-order chi connectivity index (χ0) is 12.4. The summed E-state index contributed by atoms with van der Waals surface area (Å²) in [5.41, 5.74) is 1.17. The van der Waals surface area contributed by atoms with Gasteiger partial charge < -0.3 is 5.11 Å². The van der Waals surface area contributed by atoms with Crippen LogP contribution < -0.4 is 0 Å². The maximum Gasteiger partial charge on any atom is 0.115 e. The highest BCUT2D eigenvalue weighted by Gasteiger charge is 2.24. The summed E-state index contributed by atoms with van der Waals surface area (Å²) in [6.07, 6.45) is 2.61. The van der Waals surface area contributed by atoms with Gasteiger partial charge in [0, 0.05) is 17.1 Å². The molecule has 1 N–H and O–H groups in total. The molecule has 0 amide bonds. The summed E-state index contributed by atoms with van der Waals surface area (Å²) in [7, 11) is 0. The van der Waals surface area contributed by atoms with Gasteiger partial charge >= 0.3 is 0 Å². The first-order valence-corrected chi connectivity index (χ1v) is 7.08. The number of likely N-dealkylation sites (tertiary alicyclic amines) is 1. The predicted octanol–water partition coefficient (Wildman–Crippen LogP) is 3.78. The van der Waals surface area contributed by atoms with Crippen LogP contribution in [0.3, 0.4) is 0 Å². The van der Waals surface area contributed by atoms with Gasteiger partial charge in [0.1, 0.15) is 5.75 Å². The standard InChI is InChI=1S/C14H20BrNO/c1-10-4-3-7-16(11(10)2)9-12-8-13(17)5-6-14(12)15/h5-6,8,10-11,17H,3-4,7,9H2,1-2H3. The topological polar surface area (TPSA) is 23.5 Å². The Hall–Kier alpha value is -0.540. The summed E-state index contributed by atoms with van der Waals surface area (Å²) in [4.78, 5) is 2.51. The number of aromatic hydroxyl groups is 1. The summed E-state index contributed by atoms with van der Waals surface area (Å²) in [5.74, 6) is 1.11. The average Bonchev–Trinajstić information content (AvgIpc) is 2.30. The lowest BCUT2D eigenvalue weighted by molar-refractivity contribution is 0.106. The molecule has 1 aliphatic heterocycles. The third-order valence-electron chi connectivity index (χ3n) is 3.91. The molecule has 2 unspecified atom stereocenters. The molecule has 1 aromatic rings. The molecule has 0 radical (unpaired) electrons. The van der Waals surface area contributed by atoms with Crippen LogP contribution in [0.4, 0.5) is 0 Å². The summed E-state index contributed by atoms with van der Waals surface area (Å²) in [5, 5.41) is 9.55. The summed E-state index contributed by atoms with van der Waals surface area (Å²) in [6.45, 7) is 6.71. The lowest BCUT2D eigenvalue weighted by Crippen LogP contribution is -2.41. The molecule has 17 heavy (non-hydrogen) atoms. The van der Waals surface area contributed by atoms with Crippen molar-refractivity contribution >= 4 is 15.9 Å². The van der Waals surface area contributed by atoms with E-state index >= 15 is 0 Å². The second-order valence-electron chi connectivity index (χ2n) is 5.11. The van der Waals surface area contributed by atoms with Crippen LogP contribution in [0.15, 0.2) is 22.7 Å². The molecule has 3 heteroatoms. The van der Waals surface area contributed by atoms with E-state index in [1.54, 1.807) is 6.07 Å². The van der Waals surface area contributed by atoms with E-state index in [0.717, 1.165) is 23.5 Å². The lowest BCUT2D eigenvalue weighted by Gasteiger charge is -2.38. The Morgan fingerprint density at radius 2 is 2.18 bits per heavy atom. The molecule has 0 spiro atoms. The number of phenolic OH excluding ortho intramolecular Hbond substituents is 1. The number of nitrogens with zero attached hydrogens (tertiary/aromatic N) is 1. The molecule has 94 valence electrons. The molecule has 1 aromatic carbocycles. The molecule has 0 aliphatic carbocycles. The molecule has 1 heterocycles. The van der Waals surface area contributed by atoms with Crippen LogP contribution in [-0.2, 0) is 6.54 Å². The van der Waals surface area contributed by atoms with Gasteiger partial charge in [-0.1, -0.05) is 22.9 Å². The second-order valence-corrected chi connectivity index (χ2v) is 5.96. The first-order valence-electron chi connectivity index (χ1n) is 6.29. The van der Waals surface area contributed by atoms with E-state index in [4.69, 9.17) is 0 Å². The van der Waals surface area contributed by atoms with Crippen LogP contribution in [0, 0.1) is 5.92 Å². The van der Waals surface area contributed by atoms with Gasteiger partial charge in [-0.05, 0) is 56.0 Å². The zero-order valence-corrected chi connectivity index (χ0v) is 12.1. The molecular weight excluding hydrogens is 278 g/mol. The van der Waals surface area contributed by atoms with Gasteiger partial charge in [0.15, 0.2) is 0 Å². The van der Waals surface area contributed by atoms with Crippen molar-refractivity contribution in [1.82, 2.24) is 4.90 Å². The normalized spacial score (nSPS) is 26.1. The van der Waals surface area contributed by atoms with Gasteiger partial charge in [-0.15, -0.1) is 0 Å². The highest BCUT2D eigenvalue weighted by atomic mass is 79.9. The van der Waals surface area contributed by atoms with E-state index in [-0.39, 0.29) is 0 Å². The van der Waals surface area contributed by atoms with E-state index < -0.39 is 0 Å². The molecule has 0 aromatic heterocycles. The van der Waals surface area contributed by atoms with E-state index in [2.05, 4.69) is 34.7 Å². The predicted molar refractivity (Wildman–Crippen MR) is 74.1 cm³/mol. The SMILES string of the molecule is CC1CCCN(Cc2cc(O)ccc2Br)C1C. The number of phenols is 1. The van der Waals surface area contributed by atoms with Gasteiger partial charge in [-0.25, -0.2) is 0 Å². The molecule has 1 saturated heterocycles. The Labute approximate surface area is 112 Å². The summed E-state index contributed by atoms with van der Waals surface area (Å²) in [6, 6.07) is 6.12. The van der Waals surface area contributed by atoms with Crippen molar-refractivity contribution in [2.45, 2.75) is 39.3 Å². The van der Waals surface area contributed by atoms with Crippen LogP contribution >= 0.6 is 15.9 Å². The van der Waals surface area contributed by atoms with Crippen molar-refractivity contribution in [2.75, 3.05) is 6.54 Å². The number of piperidine rings is 1. The quantitative estimate of drug-likeness (QED) is 0.898. The summed E-state index contributed by atoms with van der Waals surface area (Å²) >= 11 is 3.55. The number of benzene rings is 1. The Bertz CT molecular complexity index is 394. The number of halogens is 1. The molecule has 2 rings (SSSR count). The Kier molecular flexibility index (Phi) is 4.10. The van der Waals surface area contributed by atoms with Gasteiger partial charge in [0.25, 0.3) is 0 Å². The lowest BCUT2D eigenvalue weighted by atomic mass is 9.92. The first-order chi connectivity index (χ1) is 8.08. The minimum absolute atomic E-state index is 0.348. The second kappa shape index (κ2) is 5.40. The van der Waals surface area contributed by atoms with E-state index in [1.807, 2.05) is 12.1 Å². The van der Waals surface area contributed by atoms with Gasteiger partial charge in [0.2, 0.25) is 0 Å². The highest BCUT2D eigenvalue weighted by Crippen LogP contribution is 2.28. The molecule has 2 nitrogen and oxygen atoms in total. The van der Waals surface area contributed by atoms with Gasteiger partial charge in [-0.3, -0.25) is 4.90 Å². The minimum Gasteiger partial charge on any atom is -0.508 e. The van der Waals surface area contributed by atoms with E-state index in [1.165, 1.54) is 18.4 Å². The molecule has 1 aliphatic rings. The minimum atomic E-state index is 0.348. The number of rotatable bonds is 2. The largest absolute Gasteiger partial charge is 0.508 e. The fourth-order valence-electron chi connectivity index (χ4n) is 2.55.